The van der Waals surface area contributed by atoms with E-state index in [1.807, 2.05) is 30.3 Å². The summed E-state index contributed by atoms with van der Waals surface area (Å²) in [6.07, 6.45) is 6.71. The van der Waals surface area contributed by atoms with E-state index in [0.717, 1.165) is 18.4 Å². The molecule has 0 heterocycles. The number of hydrogen-bond donors (Lipinski definition) is 2. The summed E-state index contributed by atoms with van der Waals surface area (Å²) in [6.45, 7) is 0. The summed E-state index contributed by atoms with van der Waals surface area (Å²) in [5.74, 6) is 0.574. The molecule has 20 heavy (non-hydrogen) atoms. The average molecular weight is 290 g/mol. The van der Waals surface area contributed by atoms with Gasteiger partial charge in [-0.25, -0.2) is 0 Å². The molecule has 108 valence electrons. The molecule has 4 heteroatoms. The first-order valence-electron chi connectivity index (χ1n) is 7.30. The maximum absolute atomic E-state index is 12.2. The van der Waals surface area contributed by atoms with Crippen molar-refractivity contribution >= 4 is 23.1 Å². The Morgan fingerprint density at radius 2 is 1.90 bits per heavy atom. The SMILES string of the molecule is NC(=S)C(NC(=O)CC1CCCCC1)c1ccccc1. The molecule has 3 N–H and O–H groups in total. The molecule has 3 nitrogen and oxygen atoms in total. The third-order valence-corrected chi connectivity index (χ3v) is 4.16. The normalized spacial score (nSPS) is 17.4. The third kappa shape index (κ3) is 4.30. The van der Waals surface area contributed by atoms with Crippen LogP contribution in [0.15, 0.2) is 30.3 Å². The van der Waals surface area contributed by atoms with E-state index < -0.39 is 0 Å². The lowest BCUT2D eigenvalue weighted by molar-refractivity contribution is -0.122. The van der Waals surface area contributed by atoms with E-state index in [0.29, 0.717) is 17.3 Å². The minimum Gasteiger partial charge on any atom is -0.391 e. The molecule has 1 aliphatic rings. The second-order valence-electron chi connectivity index (χ2n) is 5.52. The summed E-state index contributed by atoms with van der Waals surface area (Å²) >= 11 is 5.08. The Labute approximate surface area is 125 Å². The van der Waals surface area contributed by atoms with E-state index in [-0.39, 0.29) is 11.9 Å². The molecule has 1 atom stereocenters. The molecule has 1 amide bonds. The Kier molecular flexibility index (Phi) is 5.53. The molecule has 0 spiro atoms. The summed E-state index contributed by atoms with van der Waals surface area (Å²) < 4.78 is 0. The Hall–Kier alpha value is -1.42. The molecule has 2 rings (SSSR count). The minimum absolute atomic E-state index is 0.0542. The molecule has 1 aromatic rings. The van der Waals surface area contributed by atoms with Gasteiger partial charge in [0.2, 0.25) is 5.91 Å². The Balaban J connectivity index is 1.94. The van der Waals surface area contributed by atoms with Crippen LogP contribution < -0.4 is 11.1 Å². The number of nitrogens with two attached hydrogens (primary N) is 1. The van der Waals surface area contributed by atoms with Gasteiger partial charge in [-0.1, -0.05) is 61.8 Å². The van der Waals surface area contributed by atoms with Crippen LogP contribution in [0.4, 0.5) is 0 Å². The van der Waals surface area contributed by atoms with Gasteiger partial charge in [0.1, 0.15) is 11.0 Å². The summed E-state index contributed by atoms with van der Waals surface area (Å²) in [4.78, 5) is 12.5. The number of thiocarbonyl (C=S) groups is 1. The van der Waals surface area contributed by atoms with Crippen molar-refractivity contribution in [1.82, 2.24) is 5.32 Å². The van der Waals surface area contributed by atoms with Crippen LogP contribution in [0, 0.1) is 5.92 Å². The summed E-state index contributed by atoms with van der Waals surface area (Å²) in [5, 5.41) is 2.97. The number of carbonyl (C=O) groups is 1. The van der Waals surface area contributed by atoms with E-state index >= 15 is 0 Å². The zero-order chi connectivity index (χ0) is 14.4. The first kappa shape index (κ1) is 15.0. The number of nitrogens with one attached hydrogen (secondary N) is 1. The van der Waals surface area contributed by atoms with Crippen LogP contribution >= 0.6 is 12.2 Å². The standard InChI is InChI=1S/C16H22N2OS/c17-16(20)15(13-9-5-2-6-10-13)18-14(19)11-12-7-3-1-4-8-12/h2,5-6,9-10,12,15H,1,3-4,7-8,11H2,(H2,17,20)(H,18,19). The number of amides is 1. The Bertz CT molecular complexity index is 455. The minimum atomic E-state index is -0.359. The highest BCUT2D eigenvalue weighted by molar-refractivity contribution is 7.80. The number of rotatable bonds is 5. The molecule has 1 aromatic carbocycles. The van der Waals surface area contributed by atoms with E-state index in [1.165, 1.54) is 19.3 Å². The Morgan fingerprint density at radius 3 is 2.50 bits per heavy atom. The van der Waals surface area contributed by atoms with Crippen LogP contribution in [0.2, 0.25) is 0 Å². The smallest absolute Gasteiger partial charge is 0.221 e. The molecule has 0 aromatic heterocycles. The van der Waals surface area contributed by atoms with Crippen molar-refractivity contribution in [1.29, 1.82) is 0 Å². The molecule has 0 saturated heterocycles. The fraction of sp³-hybridized carbons (Fsp3) is 0.500. The van der Waals surface area contributed by atoms with E-state index in [2.05, 4.69) is 5.32 Å². The van der Waals surface area contributed by atoms with Crippen LogP contribution in [0.1, 0.15) is 50.1 Å². The second-order valence-corrected chi connectivity index (χ2v) is 5.99. The molecular weight excluding hydrogens is 268 g/mol. The largest absolute Gasteiger partial charge is 0.391 e. The quantitative estimate of drug-likeness (QED) is 0.819. The monoisotopic (exact) mass is 290 g/mol. The van der Waals surface area contributed by atoms with Gasteiger partial charge in [-0.05, 0) is 24.3 Å². The van der Waals surface area contributed by atoms with Crippen molar-refractivity contribution in [3.63, 3.8) is 0 Å². The highest BCUT2D eigenvalue weighted by Gasteiger charge is 2.21. The van der Waals surface area contributed by atoms with E-state index in [1.54, 1.807) is 0 Å². The van der Waals surface area contributed by atoms with Crippen molar-refractivity contribution in [3.8, 4) is 0 Å². The molecule has 0 radical (unpaired) electrons. The van der Waals surface area contributed by atoms with Crippen LogP contribution in [-0.4, -0.2) is 10.9 Å². The van der Waals surface area contributed by atoms with Crippen LogP contribution in [0.3, 0.4) is 0 Å². The van der Waals surface area contributed by atoms with Gasteiger partial charge in [0.05, 0.1) is 0 Å². The van der Waals surface area contributed by atoms with Gasteiger partial charge < -0.3 is 11.1 Å². The van der Waals surface area contributed by atoms with Gasteiger partial charge in [0.15, 0.2) is 0 Å². The highest BCUT2D eigenvalue weighted by Crippen LogP contribution is 2.26. The highest BCUT2D eigenvalue weighted by atomic mass is 32.1. The maximum atomic E-state index is 12.2. The van der Waals surface area contributed by atoms with Crippen molar-refractivity contribution < 1.29 is 4.79 Å². The molecule has 1 unspecified atom stereocenters. The summed E-state index contributed by atoms with van der Waals surface area (Å²) in [7, 11) is 0. The lowest BCUT2D eigenvalue weighted by atomic mass is 9.87. The summed E-state index contributed by atoms with van der Waals surface area (Å²) in [5.41, 5.74) is 6.71. The van der Waals surface area contributed by atoms with Gasteiger partial charge in [-0.15, -0.1) is 0 Å². The van der Waals surface area contributed by atoms with Gasteiger partial charge >= 0.3 is 0 Å². The number of hydrogen-bond acceptors (Lipinski definition) is 2. The maximum Gasteiger partial charge on any atom is 0.221 e. The van der Waals surface area contributed by atoms with Gasteiger partial charge in [-0.2, -0.15) is 0 Å². The van der Waals surface area contributed by atoms with Crippen molar-refractivity contribution in [2.45, 2.75) is 44.6 Å². The average Bonchev–Trinajstić information content (AvgIpc) is 2.46. The zero-order valence-electron chi connectivity index (χ0n) is 11.7. The van der Waals surface area contributed by atoms with Crippen molar-refractivity contribution in [2.24, 2.45) is 11.7 Å². The van der Waals surface area contributed by atoms with Crippen LogP contribution in [0.5, 0.6) is 0 Å². The molecule has 1 aliphatic carbocycles. The van der Waals surface area contributed by atoms with Crippen LogP contribution in [-0.2, 0) is 4.79 Å². The van der Waals surface area contributed by atoms with Crippen molar-refractivity contribution in [3.05, 3.63) is 35.9 Å². The fourth-order valence-electron chi connectivity index (χ4n) is 2.84. The molecule has 1 fully saturated rings. The molecular formula is C16H22N2OS. The Morgan fingerprint density at radius 1 is 1.25 bits per heavy atom. The van der Waals surface area contributed by atoms with E-state index in [4.69, 9.17) is 18.0 Å². The first-order chi connectivity index (χ1) is 9.66. The predicted molar refractivity (Wildman–Crippen MR) is 85.3 cm³/mol. The number of benzene rings is 1. The van der Waals surface area contributed by atoms with Crippen LogP contribution in [0.25, 0.3) is 0 Å². The van der Waals surface area contributed by atoms with Crippen molar-refractivity contribution in [2.75, 3.05) is 0 Å². The lowest BCUT2D eigenvalue weighted by Crippen LogP contribution is -2.37. The predicted octanol–water partition coefficient (Wildman–Crippen LogP) is 3.10. The topological polar surface area (TPSA) is 55.1 Å². The third-order valence-electron chi connectivity index (χ3n) is 3.92. The molecule has 0 bridgehead atoms. The van der Waals surface area contributed by atoms with Gasteiger partial charge in [0.25, 0.3) is 0 Å². The number of carbonyl (C=O) groups excluding carboxylic acids is 1. The second kappa shape index (κ2) is 7.39. The summed E-state index contributed by atoms with van der Waals surface area (Å²) in [6, 6.07) is 9.29. The zero-order valence-corrected chi connectivity index (χ0v) is 12.5. The van der Waals surface area contributed by atoms with E-state index in [9.17, 15) is 4.79 Å². The first-order valence-corrected chi connectivity index (χ1v) is 7.71. The fourth-order valence-corrected chi connectivity index (χ4v) is 3.03. The molecule has 1 saturated carbocycles. The lowest BCUT2D eigenvalue weighted by Gasteiger charge is -2.23. The van der Waals surface area contributed by atoms with Gasteiger partial charge in [0, 0.05) is 6.42 Å². The molecule has 0 aliphatic heterocycles. The van der Waals surface area contributed by atoms with Gasteiger partial charge in [-0.3, -0.25) is 4.79 Å².